The third-order valence-corrected chi connectivity index (χ3v) is 6.01. The molecule has 0 saturated carbocycles. The summed E-state index contributed by atoms with van der Waals surface area (Å²) in [5.74, 6) is -0.956. The highest BCUT2D eigenvalue weighted by molar-refractivity contribution is 5.64. The number of rotatable bonds is 5. The van der Waals surface area contributed by atoms with Gasteiger partial charge in [-0.1, -0.05) is 0 Å². The SMILES string of the molecule is Cc1cc(Nc2ncn(-c3cc(F)cc(F)c3)n2)cc(N2CCC(N3CCOCC3)C2)c1. The Bertz CT molecular complexity index is 1080. The lowest BCUT2D eigenvalue weighted by atomic mass is 10.2. The first kappa shape index (κ1) is 20.8. The molecule has 9 heteroatoms. The van der Waals surface area contributed by atoms with E-state index in [1.165, 1.54) is 23.1 Å². The van der Waals surface area contributed by atoms with Gasteiger partial charge in [-0.05, 0) is 49.2 Å². The van der Waals surface area contributed by atoms with Crippen molar-refractivity contribution in [2.75, 3.05) is 49.6 Å². The van der Waals surface area contributed by atoms with Gasteiger partial charge in [-0.25, -0.2) is 13.5 Å². The number of anilines is 3. The maximum atomic E-state index is 13.5. The highest BCUT2D eigenvalue weighted by Crippen LogP contribution is 2.28. The van der Waals surface area contributed by atoms with E-state index in [2.05, 4.69) is 44.3 Å². The summed E-state index contributed by atoms with van der Waals surface area (Å²) in [5, 5.41) is 7.54. The van der Waals surface area contributed by atoms with E-state index in [1.54, 1.807) is 0 Å². The van der Waals surface area contributed by atoms with Gasteiger partial charge in [-0.2, -0.15) is 4.98 Å². The van der Waals surface area contributed by atoms with Crippen LogP contribution in [0.1, 0.15) is 12.0 Å². The molecule has 1 unspecified atom stereocenters. The van der Waals surface area contributed by atoms with Crippen molar-refractivity contribution in [1.82, 2.24) is 19.7 Å². The molecule has 0 amide bonds. The number of ether oxygens (including phenoxy) is 1. The zero-order chi connectivity index (χ0) is 22.1. The first-order valence-electron chi connectivity index (χ1n) is 10.9. The third kappa shape index (κ3) is 4.58. The second kappa shape index (κ2) is 8.84. The highest BCUT2D eigenvalue weighted by Gasteiger charge is 2.29. The van der Waals surface area contributed by atoms with E-state index in [0.29, 0.717) is 12.0 Å². The average molecular weight is 440 g/mol. The van der Waals surface area contributed by atoms with Crippen LogP contribution in [0.15, 0.2) is 42.7 Å². The molecule has 0 spiro atoms. The maximum Gasteiger partial charge on any atom is 0.246 e. The molecule has 2 fully saturated rings. The molecule has 0 radical (unpaired) electrons. The molecule has 1 atom stereocenters. The minimum Gasteiger partial charge on any atom is -0.379 e. The molecule has 1 aromatic heterocycles. The van der Waals surface area contributed by atoms with Crippen molar-refractivity contribution in [3.05, 3.63) is 59.9 Å². The van der Waals surface area contributed by atoms with Gasteiger partial charge < -0.3 is 15.0 Å². The van der Waals surface area contributed by atoms with Crippen LogP contribution in [0.2, 0.25) is 0 Å². The zero-order valence-electron chi connectivity index (χ0n) is 18.0. The van der Waals surface area contributed by atoms with Crippen LogP contribution in [0.5, 0.6) is 0 Å². The number of benzene rings is 2. The Morgan fingerprint density at radius 3 is 2.53 bits per heavy atom. The van der Waals surface area contributed by atoms with E-state index in [1.807, 2.05) is 6.07 Å². The van der Waals surface area contributed by atoms with E-state index >= 15 is 0 Å². The minimum absolute atomic E-state index is 0.277. The van der Waals surface area contributed by atoms with Crippen LogP contribution >= 0.6 is 0 Å². The molecule has 7 nitrogen and oxygen atoms in total. The Morgan fingerprint density at radius 1 is 0.969 bits per heavy atom. The van der Waals surface area contributed by atoms with Crippen LogP contribution in [0, 0.1) is 18.6 Å². The summed E-state index contributed by atoms with van der Waals surface area (Å²) in [5.41, 5.74) is 3.44. The van der Waals surface area contributed by atoms with Crippen molar-refractivity contribution in [3.8, 4) is 5.69 Å². The van der Waals surface area contributed by atoms with Crippen molar-refractivity contribution >= 4 is 17.3 Å². The van der Waals surface area contributed by atoms with E-state index in [0.717, 1.165) is 68.8 Å². The number of nitrogens with zero attached hydrogens (tertiary/aromatic N) is 5. The molecule has 168 valence electrons. The topological polar surface area (TPSA) is 58.5 Å². The lowest BCUT2D eigenvalue weighted by Gasteiger charge is -2.32. The molecule has 2 saturated heterocycles. The molecule has 3 heterocycles. The van der Waals surface area contributed by atoms with Crippen LogP contribution in [0.4, 0.5) is 26.1 Å². The first-order valence-corrected chi connectivity index (χ1v) is 10.9. The molecule has 0 aliphatic carbocycles. The summed E-state index contributed by atoms with van der Waals surface area (Å²) in [6.07, 6.45) is 2.58. The van der Waals surface area contributed by atoms with E-state index in [4.69, 9.17) is 4.74 Å². The lowest BCUT2D eigenvalue weighted by Crippen LogP contribution is -2.44. The van der Waals surface area contributed by atoms with Gasteiger partial charge in [-0.15, -0.1) is 5.10 Å². The average Bonchev–Trinajstić information content (AvgIpc) is 3.43. The van der Waals surface area contributed by atoms with Crippen molar-refractivity contribution in [1.29, 1.82) is 0 Å². The van der Waals surface area contributed by atoms with Crippen LogP contribution in [0.25, 0.3) is 5.69 Å². The molecule has 3 aromatic rings. The molecular weight excluding hydrogens is 414 g/mol. The van der Waals surface area contributed by atoms with E-state index in [-0.39, 0.29) is 5.69 Å². The predicted molar refractivity (Wildman–Crippen MR) is 119 cm³/mol. The highest BCUT2D eigenvalue weighted by atomic mass is 19.1. The molecule has 5 rings (SSSR count). The van der Waals surface area contributed by atoms with Gasteiger partial charge in [-0.3, -0.25) is 4.90 Å². The van der Waals surface area contributed by atoms with Crippen molar-refractivity contribution in [2.45, 2.75) is 19.4 Å². The van der Waals surface area contributed by atoms with E-state index < -0.39 is 11.6 Å². The van der Waals surface area contributed by atoms with Gasteiger partial charge in [0.05, 0.1) is 18.9 Å². The Kier molecular flexibility index (Phi) is 5.75. The molecule has 32 heavy (non-hydrogen) atoms. The van der Waals surface area contributed by atoms with Crippen LogP contribution in [0.3, 0.4) is 0 Å². The number of aromatic nitrogens is 3. The number of hydrogen-bond acceptors (Lipinski definition) is 6. The smallest absolute Gasteiger partial charge is 0.246 e. The van der Waals surface area contributed by atoms with Crippen LogP contribution in [-0.2, 0) is 4.74 Å². The number of aryl methyl sites for hydroxylation is 1. The Labute approximate surface area is 185 Å². The maximum absolute atomic E-state index is 13.5. The zero-order valence-corrected chi connectivity index (χ0v) is 18.0. The standard InChI is InChI=1S/C23H26F2N6O/c1-16-8-19(27-23-26-15-31(28-23)22-11-17(24)10-18(25)12-22)13-21(9-16)30-3-2-20(14-30)29-4-6-32-7-5-29/h8-13,15,20H,2-7,14H2,1H3,(H,27,28). The van der Waals surface area contributed by atoms with Crippen molar-refractivity contribution in [2.24, 2.45) is 0 Å². The molecule has 2 aliphatic rings. The third-order valence-electron chi connectivity index (χ3n) is 6.01. The van der Waals surface area contributed by atoms with Crippen molar-refractivity contribution < 1.29 is 13.5 Å². The fourth-order valence-electron chi connectivity index (χ4n) is 4.48. The van der Waals surface area contributed by atoms with E-state index in [9.17, 15) is 8.78 Å². The molecular formula is C23H26F2N6O. The molecule has 2 aromatic carbocycles. The predicted octanol–water partition coefficient (Wildman–Crippen LogP) is 3.51. The second-order valence-electron chi connectivity index (χ2n) is 8.36. The number of halogens is 2. The number of morpholine rings is 1. The number of nitrogens with one attached hydrogen (secondary N) is 1. The van der Waals surface area contributed by atoms with Gasteiger partial charge in [0.2, 0.25) is 5.95 Å². The van der Waals surface area contributed by atoms with Crippen LogP contribution < -0.4 is 10.2 Å². The summed E-state index contributed by atoms with van der Waals surface area (Å²) in [4.78, 5) is 9.19. The summed E-state index contributed by atoms with van der Waals surface area (Å²) in [6, 6.07) is 10.1. The van der Waals surface area contributed by atoms with Crippen molar-refractivity contribution in [3.63, 3.8) is 0 Å². The normalized spacial score (nSPS) is 19.5. The lowest BCUT2D eigenvalue weighted by molar-refractivity contribution is 0.0209. The molecule has 2 aliphatic heterocycles. The minimum atomic E-state index is -0.658. The van der Waals surface area contributed by atoms with Gasteiger partial charge in [0.15, 0.2) is 0 Å². The Hall–Kier alpha value is -3.04. The Morgan fingerprint density at radius 2 is 1.75 bits per heavy atom. The van der Waals surface area contributed by atoms with Gasteiger partial charge >= 0.3 is 0 Å². The van der Waals surface area contributed by atoms with Crippen LogP contribution in [-0.4, -0.2) is 65.1 Å². The van der Waals surface area contributed by atoms with Gasteiger partial charge in [0.25, 0.3) is 0 Å². The Balaban J connectivity index is 1.30. The number of hydrogen-bond donors (Lipinski definition) is 1. The molecule has 1 N–H and O–H groups in total. The van der Waals surface area contributed by atoms with Gasteiger partial charge in [0.1, 0.15) is 18.0 Å². The summed E-state index contributed by atoms with van der Waals surface area (Å²) >= 11 is 0. The van der Waals surface area contributed by atoms with Gasteiger partial charge in [0, 0.05) is 49.7 Å². The fourth-order valence-corrected chi connectivity index (χ4v) is 4.48. The fraction of sp³-hybridized carbons (Fsp3) is 0.391. The summed E-state index contributed by atoms with van der Waals surface area (Å²) in [6.45, 7) is 7.72. The summed E-state index contributed by atoms with van der Waals surface area (Å²) < 4.78 is 33.9. The summed E-state index contributed by atoms with van der Waals surface area (Å²) in [7, 11) is 0. The second-order valence-corrected chi connectivity index (χ2v) is 8.36. The first-order chi connectivity index (χ1) is 15.5. The quantitative estimate of drug-likeness (QED) is 0.655. The largest absolute Gasteiger partial charge is 0.379 e. The molecule has 0 bridgehead atoms. The monoisotopic (exact) mass is 440 g/mol.